The molecule has 1 heterocycles. The molecule has 1 aromatic carbocycles. The van der Waals surface area contributed by atoms with Crippen LogP contribution in [0.15, 0.2) is 23.1 Å². The highest BCUT2D eigenvalue weighted by Crippen LogP contribution is 2.29. The van der Waals surface area contributed by atoms with Gasteiger partial charge in [-0.1, -0.05) is 36.9 Å². The Kier molecular flexibility index (Phi) is 6.25. The first-order valence-electron chi connectivity index (χ1n) is 9.45. The minimum Gasteiger partial charge on any atom is -0.353 e. The third kappa shape index (κ3) is 4.24. The van der Waals surface area contributed by atoms with Gasteiger partial charge in [0.1, 0.15) is 0 Å². The molecule has 1 saturated carbocycles. The van der Waals surface area contributed by atoms with Crippen molar-refractivity contribution in [2.45, 2.75) is 62.8 Å². The number of hydrogen-bond donors (Lipinski definition) is 1. The fourth-order valence-corrected chi connectivity index (χ4v) is 5.95. The van der Waals surface area contributed by atoms with Gasteiger partial charge in [-0.3, -0.25) is 4.79 Å². The number of halogens is 1. The molecule has 144 valence electrons. The molecular weight excluding hydrogens is 372 g/mol. The molecule has 7 heteroatoms. The van der Waals surface area contributed by atoms with E-state index >= 15 is 0 Å². The fraction of sp³-hybridized carbons (Fsp3) is 0.632. The number of nitrogens with zero attached hydrogens (tertiary/aromatic N) is 1. The first kappa shape index (κ1) is 19.6. The van der Waals surface area contributed by atoms with Crippen LogP contribution in [0.5, 0.6) is 0 Å². The van der Waals surface area contributed by atoms with Crippen molar-refractivity contribution in [3.05, 3.63) is 28.8 Å². The Morgan fingerprint density at radius 1 is 1.15 bits per heavy atom. The van der Waals surface area contributed by atoms with Crippen molar-refractivity contribution in [2.75, 3.05) is 13.1 Å². The molecule has 5 nitrogen and oxygen atoms in total. The molecular formula is C19H27ClN2O3S. The summed E-state index contributed by atoms with van der Waals surface area (Å²) in [7, 11) is -3.65. The molecule has 1 aromatic rings. The maximum atomic E-state index is 13.1. The number of piperidine rings is 1. The van der Waals surface area contributed by atoms with Crippen molar-refractivity contribution in [2.24, 2.45) is 5.92 Å². The van der Waals surface area contributed by atoms with Gasteiger partial charge in [0.25, 0.3) is 0 Å². The molecule has 26 heavy (non-hydrogen) atoms. The predicted octanol–water partition coefficient (Wildman–Crippen LogP) is 3.50. The van der Waals surface area contributed by atoms with Crippen molar-refractivity contribution >= 4 is 27.5 Å². The number of hydrogen-bond acceptors (Lipinski definition) is 3. The smallest absolute Gasteiger partial charge is 0.243 e. The normalized spacial score (nSPS) is 22.9. The molecule has 2 fully saturated rings. The molecule has 1 aliphatic heterocycles. The minimum absolute atomic E-state index is 0.000356. The van der Waals surface area contributed by atoms with Crippen LogP contribution < -0.4 is 5.32 Å². The van der Waals surface area contributed by atoms with Crippen LogP contribution >= 0.6 is 11.6 Å². The number of carbonyl (C=O) groups excluding carboxylic acids is 1. The van der Waals surface area contributed by atoms with Gasteiger partial charge in [0.05, 0.1) is 10.8 Å². The topological polar surface area (TPSA) is 66.5 Å². The Balaban J connectivity index is 1.71. The van der Waals surface area contributed by atoms with E-state index in [2.05, 4.69) is 5.32 Å². The number of rotatable bonds is 4. The molecule has 0 unspecified atom stereocenters. The monoisotopic (exact) mass is 398 g/mol. The zero-order valence-corrected chi connectivity index (χ0v) is 16.8. The second-order valence-corrected chi connectivity index (χ2v) is 9.72. The molecule has 0 radical (unpaired) electrons. The molecule has 0 spiro atoms. The van der Waals surface area contributed by atoms with Gasteiger partial charge in [0.15, 0.2) is 0 Å². The van der Waals surface area contributed by atoms with Crippen molar-refractivity contribution in [1.29, 1.82) is 0 Å². The Labute approximate surface area is 161 Å². The van der Waals surface area contributed by atoms with E-state index in [0.29, 0.717) is 23.6 Å². The largest absolute Gasteiger partial charge is 0.353 e. The first-order chi connectivity index (χ1) is 12.4. The quantitative estimate of drug-likeness (QED) is 0.844. The molecule has 2 aliphatic rings. The van der Waals surface area contributed by atoms with E-state index in [1.165, 1.54) is 10.7 Å². The summed E-state index contributed by atoms with van der Waals surface area (Å²) >= 11 is 6.10. The van der Waals surface area contributed by atoms with Crippen LogP contribution in [0.4, 0.5) is 0 Å². The van der Waals surface area contributed by atoms with E-state index < -0.39 is 10.0 Å². The maximum Gasteiger partial charge on any atom is 0.243 e. The van der Waals surface area contributed by atoms with Gasteiger partial charge in [-0.05, 0) is 50.3 Å². The Hall–Kier alpha value is -1.11. The Morgan fingerprint density at radius 2 is 1.88 bits per heavy atom. The molecule has 3 rings (SSSR count). The summed E-state index contributed by atoms with van der Waals surface area (Å²) in [5, 5.41) is 3.58. The van der Waals surface area contributed by atoms with Gasteiger partial charge >= 0.3 is 0 Å². The molecule has 1 amide bonds. The highest BCUT2D eigenvalue weighted by molar-refractivity contribution is 7.89. The van der Waals surface area contributed by atoms with Crippen LogP contribution in [0.2, 0.25) is 5.02 Å². The summed E-state index contributed by atoms with van der Waals surface area (Å²) < 4.78 is 27.6. The van der Waals surface area contributed by atoms with Crippen molar-refractivity contribution in [3.63, 3.8) is 0 Å². The van der Waals surface area contributed by atoms with Crippen molar-refractivity contribution < 1.29 is 13.2 Å². The lowest BCUT2D eigenvalue weighted by Gasteiger charge is -2.33. The van der Waals surface area contributed by atoms with Crippen molar-refractivity contribution in [3.8, 4) is 0 Å². The van der Waals surface area contributed by atoms with Crippen LogP contribution in [0, 0.1) is 12.8 Å². The van der Waals surface area contributed by atoms with E-state index in [0.717, 1.165) is 32.1 Å². The third-order valence-electron chi connectivity index (χ3n) is 5.54. The SMILES string of the molecule is Cc1c(Cl)cccc1S(=O)(=O)N1CCC[C@H](C(=O)NC2CCCCC2)C1. The van der Waals surface area contributed by atoms with E-state index in [1.807, 2.05) is 0 Å². The maximum absolute atomic E-state index is 13.1. The molecule has 1 N–H and O–H groups in total. The summed E-state index contributed by atoms with van der Waals surface area (Å²) in [6.45, 7) is 2.40. The number of amides is 1. The zero-order chi connectivity index (χ0) is 18.7. The van der Waals surface area contributed by atoms with Crippen LogP contribution in [0.1, 0.15) is 50.5 Å². The van der Waals surface area contributed by atoms with Crippen LogP contribution in [-0.4, -0.2) is 37.8 Å². The number of nitrogens with one attached hydrogen (secondary N) is 1. The third-order valence-corrected chi connectivity index (χ3v) is 7.96. The minimum atomic E-state index is -3.65. The standard InChI is InChI=1S/C19H27ClN2O3S/c1-14-17(20)10-5-11-18(14)26(24,25)22-12-6-7-15(13-22)19(23)21-16-8-3-2-4-9-16/h5,10-11,15-16H,2-4,6-9,12-13H2,1H3,(H,21,23)/t15-/m0/s1. The number of carbonyl (C=O) groups is 1. The van der Waals surface area contributed by atoms with Gasteiger partial charge < -0.3 is 5.32 Å². The Morgan fingerprint density at radius 3 is 2.62 bits per heavy atom. The highest BCUT2D eigenvalue weighted by atomic mass is 35.5. The number of benzene rings is 1. The van der Waals surface area contributed by atoms with E-state index in [4.69, 9.17) is 11.6 Å². The van der Waals surface area contributed by atoms with Gasteiger partial charge in [0.2, 0.25) is 15.9 Å². The summed E-state index contributed by atoms with van der Waals surface area (Å²) in [5.74, 6) is -0.278. The second-order valence-electron chi connectivity index (χ2n) is 7.41. The van der Waals surface area contributed by atoms with Gasteiger partial charge in [-0.15, -0.1) is 0 Å². The summed E-state index contributed by atoms with van der Waals surface area (Å²) in [6.07, 6.45) is 7.04. The zero-order valence-electron chi connectivity index (χ0n) is 15.2. The lowest BCUT2D eigenvalue weighted by atomic mass is 9.93. The van der Waals surface area contributed by atoms with Gasteiger partial charge in [-0.25, -0.2) is 8.42 Å². The van der Waals surface area contributed by atoms with E-state index in [1.54, 1.807) is 25.1 Å². The molecule has 0 bridgehead atoms. The van der Waals surface area contributed by atoms with Gasteiger partial charge in [0, 0.05) is 24.2 Å². The highest BCUT2D eigenvalue weighted by Gasteiger charge is 2.34. The molecule has 1 saturated heterocycles. The van der Waals surface area contributed by atoms with Crippen LogP contribution in [-0.2, 0) is 14.8 Å². The number of sulfonamides is 1. The van der Waals surface area contributed by atoms with Gasteiger partial charge in [-0.2, -0.15) is 4.31 Å². The summed E-state index contributed by atoms with van der Waals surface area (Å²) in [6, 6.07) is 5.17. The van der Waals surface area contributed by atoms with Crippen LogP contribution in [0.3, 0.4) is 0 Å². The fourth-order valence-electron chi connectivity index (χ4n) is 3.95. The van der Waals surface area contributed by atoms with Crippen molar-refractivity contribution in [1.82, 2.24) is 9.62 Å². The molecule has 0 aromatic heterocycles. The molecule has 1 atom stereocenters. The first-order valence-corrected chi connectivity index (χ1v) is 11.3. The van der Waals surface area contributed by atoms with E-state index in [9.17, 15) is 13.2 Å². The van der Waals surface area contributed by atoms with E-state index in [-0.39, 0.29) is 29.3 Å². The lowest BCUT2D eigenvalue weighted by molar-refractivity contribution is -0.127. The Bertz CT molecular complexity index is 760. The average molecular weight is 399 g/mol. The summed E-state index contributed by atoms with van der Waals surface area (Å²) in [5.41, 5.74) is 0.558. The van der Waals surface area contributed by atoms with Crippen LogP contribution in [0.25, 0.3) is 0 Å². The predicted molar refractivity (Wildman–Crippen MR) is 103 cm³/mol. The lowest BCUT2D eigenvalue weighted by Crippen LogP contribution is -2.47. The molecule has 1 aliphatic carbocycles. The summed E-state index contributed by atoms with van der Waals surface area (Å²) in [4.78, 5) is 12.9. The second kappa shape index (κ2) is 8.28. The average Bonchev–Trinajstić information content (AvgIpc) is 2.64.